The Morgan fingerprint density at radius 3 is 2.57 bits per heavy atom. The van der Waals surface area contributed by atoms with Crippen LogP contribution in [0.15, 0.2) is 18.3 Å². The Hall–Kier alpha value is -2.15. The molecular weight excluding hydrogens is 300 g/mol. The van der Waals surface area contributed by atoms with Gasteiger partial charge in [0.25, 0.3) is 5.91 Å². The highest BCUT2D eigenvalue weighted by molar-refractivity contribution is 5.95. The van der Waals surface area contributed by atoms with Gasteiger partial charge in [0.1, 0.15) is 6.61 Å². The van der Waals surface area contributed by atoms with Crippen LogP contribution in [0.4, 0.5) is 0 Å². The number of pyridine rings is 1. The number of hydrogen-bond acceptors (Lipinski definition) is 5. The summed E-state index contributed by atoms with van der Waals surface area (Å²) in [5.41, 5.74) is -0.382. The van der Waals surface area contributed by atoms with Crippen LogP contribution in [0, 0.1) is 0 Å². The first-order valence-corrected chi connectivity index (χ1v) is 7.58. The zero-order valence-corrected chi connectivity index (χ0v) is 13.8. The second kappa shape index (κ2) is 9.09. The van der Waals surface area contributed by atoms with E-state index in [9.17, 15) is 9.59 Å². The minimum absolute atomic E-state index is 0.117. The normalized spacial score (nSPS) is 11.1. The van der Waals surface area contributed by atoms with E-state index in [1.807, 2.05) is 13.8 Å². The van der Waals surface area contributed by atoms with Gasteiger partial charge in [-0.3, -0.25) is 9.59 Å². The molecule has 7 nitrogen and oxygen atoms in total. The maximum Gasteiger partial charge on any atom is 0.305 e. The van der Waals surface area contributed by atoms with E-state index in [-0.39, 0.29) is 12.3 Å². The predicted octanol–water partition coefficient (Wildman–Crippen LogP) is 1.87. The molecule has 0 aromatic carbocycles. The second-order valence-electron chi connectivity index (χ2n) is 5.24. The third kappa shape index (κ3) is 5.86. The number of nitrogens with zero attached hydrogens (tertiary/aromatic N) is 1. The molecule has 0 unspecified atom stereocenters. The summed E-state index contributed by atoms with van der Waals surface area (Å²) in [5, 5.41) is 11.9. The number of rotatable bonds is 10. The monoisotopic (exact) mass is 324 g/mol. The van der Waals surface area contributed by atoms with E-state index in [4.69, 9.17) is 14.6 Å². The van der Waals surface area contributed by atoms with Crippen molar-refractivity contribution < 1.29 is 24.2 Å². The highest BCUT2D eigenvalue weighted by atomic mass is 16.5. The van der Waals surface area contributed by atoms with Crippen molar-refractivity contribution in [3.8, 4) is 5.88 Å². The SMILES string of the molecule is CCC(CC)(CC(=O)O)NC(=O)c1ccnc(OCCOC)c1. The lowest BCUT2D eigenvalue weighted by Gasteiger charge is -2.31. The maximum atomic E-state index is 12.4. The first-order valence-electron chi connectivity index (χ1n) is 7.58. The van der Waals surface area contributed by atoms with Gasteiger partial charge in [0.05, 0.1) is 18.6 Å². The number of aliphatic carboxylic acids is 1. The second-order valence-corrected chi connectivity index (χ2v) is 5.24. The molecule has 0 radical (unpaired) electrons. The van der Waals surface area contributed by atoms with Crippen LogP contribution < -0.4 is 10.1 Å². The van der Waals surface area contributed by atoms with Crippen molar-refractivity contribution in [2.75, 3.05) is 20.3 Å². The minimum Gasteiger partial charge on any atom is -0.481 e. The van der Waals surface area contributed by atoms with Crippen molar-refractivity contribution in [3.63, 3.8) is 0 Å². The van der Waals surface area contributed by atoms with Crippen LogP contribution in [-0.2, 0) is 9.53 Å². The molecule has 0 atom stereocenters. The summed E-state index contributed by atoms with van der Waals surface area (Å²) >= 11 is 0. The number of aromatic nitrogens is 1. The molecule has 0 aliphatic carbocycles. The Bertz CT molecular complexity index is 529. The van der Waals surface area contributed by atoms with Crippen LogP contribution in [0.5, 0.6) is 5.88 Å². The summed E-state index contributed by atoms with van der Waals surface area (Å²) in [5.74, 6) is -0.951. The van der Waals surface area contributed by atoms with Gasteiger partial charge < -0.3 is 19.9 Å². The smallest absolute Gasteiger partial charge is 0.305 e. The third-order valence-corrected chi connectivity index (χ3v) is 3.76. The van der Waals surface area contributed by atoms with Gasteiger partial charge in [0.2, 0.25) is 5.88 Å². The van der Waals surface area contributed by atoms with E-state index in [0.717, 1.165) is 0 Å². The minimum atomic E-state index is -0.938. The number of hydrogen-bond donors (Lipinski definition) is 2. The summed E-state index contributed by atoms with van der Waals surface area (Å²) in [6.45, 7) is 4.48. The van der Waals surface area contributed by atoms with Gasteiger partial charge in [-0.25, -0.2) is 4.98 Å². The third-order valence-electron chi connectivity index (χ3n) is 3.76. The number of carboxylic acid groups (broad SMARTS) is 1. The molecule has 0 fully saturated rings. The summed E-state index contributed by atoms with van der Waals surface area (Å²) in [7, 11) is 1.57. The van der Waals surface area contributed by atoms with Crippen LogP contribution >= 0.6 is 0 Å². The first kappa shape index (κ1) is 18.9. The van der Waals surface area contributed by atoms with Gasteiger partial charge in [-0.2, -0.15) is 0 Å². The van der Waals surface area contributed by atoms with Gasteiger partial charge in [0, 0.05) is 24.9 Å². The van der Waals surface area contributed by atoms with E-state index in [1.54, 1.807) is 13.2 Å². The number of nitrogens with one attached hydrogen (secondary N) is 1. The number of carbonyl (C=O) groups excluding carboxylic acids is 1. The van der Waals surface area contributed by atoms with E-state index in [2.05, 4.69) is 10.3 Å². The van der Waals surface area contributed by atoms with Crippen LogP contribution in [0.2, 0.25) is 0 Å². The van der Waals surface area contributed by atoms with Crippen molar-refractivity contribution >= 4 is 11.9 Å². The van der Waals surface area contributed by atoms with E-state index >= 15 is 0 Å². The molecule has 7 heteroatoms. The summed E-state index contributed by atoms with van der Waals surface area (Å²) in [4.78, 5) is 27.5. The summed E-state index contributed by atoms with van der Waals surface area (Å²) in [6, 6.07) is 3.09. The zero-order chi connectivity index (χ0) is 17.3. The standard InChI is InChI=1S/C16H24N2O5/c1-4-16(5-2,11-14(19)20)18-15(21)12-6-7-17-13(10-12)23-9-8-22-3/h6-7,10H,4-5,8-9,11H2,1-3H3,(H,18,21)(H,19,20). The number of carbonyl (C=O) groups is 2. The Kier molecular flexibility index (Phi) is 7.47. The Balaban J connectivity index is 2.83. The molecule has 23 heavy (non-hydrogen) atoms. The topological polar surface area (TPSA) is 97.8 Å². The molecular formula is C16H24N2O5. The molecule has 0 saturated heterocycles. The van der Waals surface area contributed by atoms with Crippen LogP contribution in [-0.4, -0.2) is 47.8 Å². The van der Waals surface area contributed by atoms with Crippen molar-refractivity contribution in [2.45, 2.75) is 38.6 Å². The molecule has 128 valence electrons. The van der Waals surface area contributed by atoms with E-state index in [0.29, 0.717) is 37.5 Å². The van der Waals surface area contributed by atoms with Crippen molar-refractivity contribution in [1.82, 2.24) is 10.3 Å². The molecule has 1 amide bonds. The number of methoxy groups -OCH3 is 1. The van der Waals surface area contributed by atoms with Crippen molar-refractivity contribution in [1.29, 1.82) is 0 Å². The lowest BCUT2D eigenvalue weighted by Crippen LogP contribution is -2.49. The summed E-state index contributed by atoms with van der Waals surface area (Å²) in [6.07, 6.45) is 2.43. The quantitative estimate of drug-likeness (QED) is 0.638. The largest absolute Gasteiger partial charge is 0.481 e. The average molecular weight is 324 g/mol. The molecule has 0 saturated carbocycles. The molecule has 1 aromatic rings. The fourth-order valence-corrected chi connectivity index (χ4v) is 2.18. The lowest BCUT2D eigenvalue weighted by atomic mass is 9.88. The molecule has 1 aromatic heterocycles. The van der Waals surface area contributed by atoms with E-state index in [1.165, 1.54) is 12.3 Å². The fourth-order valence-electron chi connectivity index (χ4n) is 2.18. The molecule has 0 spiro atoms. The Morgan fingerprint density at radius 2 is 2.00 bits per heavy atom. The predicted molar refractivity (Wildman–Crippen MR) is 84.6 cm³/mol. The number of amides is 1. The highest BCUT2D eigenvalue weighted by Gasteiger charge is 2.31. The fraction of sp³-hybridized carbons (Fsp3) is 0.562. The molecule has 1 heterocycles. The van der Waals surface area contributed by atoms with Gasteiger partial charge >= 0.3 is 5.97 Å². The molecule has 0 aliphatic heterocycles. The van der Waals surface area contributed by atoms with Crippen molar-refractivity contribution in [3.05, 3.63) is 23.9 Å². The van der Waals surface area contributed by atoms with Gasteiger partial charge in [0.15, 0.2) is 0 Å². The Morgan fingerprint density at radius 1 is 1.30 bits per heavy atom. The highest BCUT2D eigenvalue weighted by Crippen LogP contribution is 2.21. The zero-order valence-electron chi connectivity index (χ0n) is 13.8. The van der Waals surface area contributed by atoms with Crippen molar-refractivity contribution in [2.24, 2.45) is 0 Å². The molecule has 1 rings (SSSR count). The number of ether oxygens (including phenoxy) is 2. The number of carboxylic acids is 1. The molecule has 2 N–H and O–H groups in total. The van der Waals surface area contributed by atoms with Gasteiger partial charge in [-0.1, -0.05) is 13.8 Å². The Labute approximate surface area is 136 Å². The van der Waals surface area contributed by atoms with Gasteiger partial charge in [-0.05, 0) is 18.9 Å². The summed E-state index contributed by atoms with van der Waals surface area (Å²) < 4.78 is 10.3. The maximum absolute atomic E-state index is 12.4. The van der Waals surface area contributed by atoms with Gasteiger partial charge in [-0.15, -0.1) is 0 Å². The van der Waals surface area contributed by atoms with Crippen LogP contribution in [0.3, 0.4) is 0 Å². The molecule has 0 aliphatic rings. The van der Waals surface area contributed by atoms with E-state index < -0.39 is 11.5 Å². The first-order chi connectivity index (χ1) is 11.0. The molecule has 0 bridgehead atoms. The van der Waals surface area contributed by atoms with Crippen LogP contribution in [0.25, 0.3) is 0 Å². The average Bonchev–Trinajstić information content (AvgIpc) is 2.54. The lowest BCUT2D eigenvalue weighted by molar-refractivity contribution is -0.138. The van der Waals surface area contributed by atoms with Crippen LogP contribution in [0.1, 0.15) is 43.5 Å².